The summed E-state index contributed by atoms with van der Waals surface area (Å²) >= 11 is 0. The maximum absolute atomic E-state index is 12.6. The van der Waals surface area contributed by atoms with Gasteiger partial charge in [-0.25, -0.2) is 9.97 Å². The van der Waals surface area contributed by atoms with Crippen molar-refractivity contribution in [3.8, 4) is 11.4 Å². The van der Waals surface area contributed by atoms with E-state index in [-0.39, 0.29) is 5.56 Å². The van der Waals surface area contributed by atoms with Gasteiger partial charge in [0.2, 0.25) is 0 Å². The van der Waals surface area contributed by atoms with Crippen molar-refractivity contribution in [1.29, 1.82) is 0 Å². The van der Waals surface area contributed by atoms with E-state index >= 15 is 0 Å². The van der Waals surface area contributed by atoms with Crippen molar-refractivity contribution in [3.05, 3.63) is 63.3 Å². The van der Waals surface area contributed by atoms with E-state index in [1.165, 1.54) is 5.69 Å². The molecule has 0 unspecified atom stereocenters. The van der Waals surface area contributed by atoms with Crippen molar-refractivity contribution in [3.63, 3.8) is 0 Å². The van der Waals surface area contributed by atoms with Crippen molar-refractivity contribution >= 4 is 0 Å². The molecule has 1 N–H and O–H groups in total. The van der Waals surface area contributed by atoms with E-state index in [1.807, 2.05) is 26.1 Å². The lowest BCUT2D eigenvalue weighted by Gasteiger charge is -2.27. The van der Waals surface area contributed by atoms with Crippen molar-refractivity contribution in [1.82, 2.24) is 29.4 Å². The lowest BCUT2D eigenvalue weighted by atomic mass is 10.1. The fourth-order valence-corrected chi connectivity index (χ4v) is 3.39. The van der Waals surface area contributed by atoms with Gasteiger partial charge in [-0.3, -0.25) is 14.7 Å². The van der Waals surface area contributed by atoms with Gasteiger partial charge in [0.05, 0.1) is 23.5 Å². The second-order valence-electron chi connectivity index (χ2n) is 6.79. The molecular formula is C19H22N6O. The molecule has 0 amide bonds. The zero-order valence-electron chi connectivity index (χ0n) is 15.3. The lowest BCUT2D eigenvalue weighted by molar-refractivity contribution is 0.233. The van der Waals surface area contributed by atoms with Gasteiger partial charge < -0.3 is 9.55 Å². The molecule has 1 aliphatic rings. The highest BCUT2D eigenvalue weighted by Gasteiger charge is 2.23. The average molecular weight is 350 g/mol. The summed E-state index contributed by atoms with van der Waals surface area (Å²) in [5.74, 6) is 1.64. The summed E-state index contributed by atoms with van der Waals surface area (Å²) in [6.45, 7) is 6.30. The molecule has 134 valence electrons. The number of nitrogens with one attached hydrogen (secondary N) is 1. The zero-order chi connectivity index (χ0) is 18.3. The summed E-state index contributed by atoms with van der Waals surface area (Å²) in [5, 5.41) is 0. The Kier molecular flexibility index (Phi) is 4.16. The number of hydrogen-bond acceptors (Lipinski definition) is 5. The molecule has 26 heavy (non-hydrogen) atoms. The van der Waals surface area contributed by atoms with E-state index in [4.69, 9.17) is 4.98 Å². The van der Waals surface area contributed by atoms with Crippen LogP contribution in [0.25, 0.3) is 11.4 Å². The number of hydrogen-bond donors (Lipinski definition) is 1. The summed E-state index contributed by atoms with van der Waals surface area (Å²) in [4.78, 5) is 31.1. The second-order valence-corrected chi connectivity index (χ2v) is 6.79. The van der Waals surface area contributed by atoms with Crippen molar-refractivity contribution in [2.45, 2.75) is 33.4 Å². The quantitative estimate of drug-likeness (QED) is 0.778. The van der Waals surface area contributed by atoms with Gasteiger partial charge in [-0.1, -0.05) is 0 Å². The molecule has 0 saturated heterocycles. The highest BCUT2D eigenvalue weighted by Crippen LogP contribution is 2.20. The molecule has 0 aromatic carbocycles. The predicted molar refractivity (Wildman–Crippen MR) is 98.6 cm³/mol. The van der Waals surface area contributed by atoms with Gasteiger partial charge >= 0.3 is 0 Å². The van der Waals surface area contributed by atoms with Crippen molar-refractivity contribution in [2.75, 3.05) is 6.54 Å². The number of aryl methyl sites for hydroxylation is 1. The Morgan fingerprint density at radius 1 is 1.19 bits per heavy atom. The van der Waals surface area contributed by atoms with Gasteiger partial charge in [0.25, 0.3) is 5.56 Å². The molecule has 4 heterocycles. The van der Waals surface area contributed by atoms with E-state index < -0.39 is 0 Å². The van der Waals surface area contributed by atoms with Gasteiger partial charge in [-0.05, 0) is 26.0 Å². The maximum atomic E-state index is 12.6. The lowest BCUT2D eigenvalue weighted by Crippen LogP contribution is -2.36. The first-order chi connectivity index (χ1) is 12.5. The number of aromatic nitrogens is 5. The van der Waals surface area contributed by atoms with Crippen LogP contribution in [0.4, 0.5) is 0 Å². The van der Waals surface area contributed by atoms with Crippen LogP contribution < -0.4 is 5.56 Å². The summed E-state index contributed by atoms with van der Waals surface area (Å²) in [6, 6.07) is 3.71. The Hall–Kier alpha value is -2.80. The molecule has 4 rings (SSSR count). The number of fused-ring (bicyclic) bond motifs is 1. The highest BCUT2D eigenvalue weighted by molar-refractivity contribution is 5.54. The number of H-pyrrole nitrogens is 1. The molecule has 0 fully saturated rings. The van der Waals surface area contributed by atoms with Gasteiger partial charge in [-0.15, -0.1) is 0 Å². The predicted octanol–water partition coefficient (Wildman–Crippen LogP) is 1.74. The Morgan fingerprint density at radius 3 is 2.65 bits per heavy atom. The van der Waals surface area contributed by atoms with E-state index in [9.17, 15) is 4.79 Å². The number of nitrogens with zero attached hydrogens (tertiary/aromatic N) is 5. The third-order valence-corrected chi connectivity index (χ3v) is 5.18. The Morgan fingerprint density at radius 2 is 1.96 bits per heavy atom. The van der Waals surface area contributed by atoms with Crippen LogP contribution in [0, 0.1) is 13.8 Å². The van der Waals surface area contributed by atoms with Crippen LogP contribution in [0.5, 0.6) is 0 Å². The van der Waals surface area contributed by atoms with Crippen LogP contribution in [0.1, 0.15) is 28.5 Å². The van der Waals surface area contributed by atoms with Crippen LogP contribution in [0.2, 0.25) is 0 Å². The Balaban J connectivity index is 1.59. The maximum Gasteiger partial charge on any atom is 0.255 e. The van der Waals surface area contributed by atoms with Crippen molar-refractivity contribution in [2.24, 2.45) is 7.05 Å². The fraction of sp³-hybridized carbons (Fsp3) is 0.368. The molecule has 0 spiro atoms. The third-order valence-electron chi connectivity index (χ3n) is 5.18. The topological polar surface area (TPSA) is 79.7 Å². The first-order valence-electron chi connectivity index (χ1n) is 8.76. The number of aromatic amines is 1. The molecule has 0 radical (unpaired) electrons. The number of imidazole rings is 1. The highest BCUT2D eigenvalue weighted by atomic mass is 16.1. The molecule has 0 saturated carbocycles. The van der Waals surface area contributed by atoms with Crippen LogP contribution in [-0.2, 0) is 26.6 Å². The first-order valence-corrected chi connectivity index (χ1v) is 8.76. The van der Waals surface area contributed by atoms with Gasteiger partial charge in [-0.2, -0.15) is 0 Å². The van der Waals surface area contributed by atoms with Gasteiger partial charge in [0.1, 0.15) is 11.6 Å². The summed E-state index contributed by atoms with van der Waals surface area (Å²) < 4.78 is 2.12. The molecule has 3 aromatic heterocycles. The van der Waals surface area contributed by atoms with Gasteiger partial charge in [0.15, 0.2) is 0 Å². The number of rotatable bonds is 3. The van der Waals surface area contributed by atoms with Crippen LogP contribution >= 0.6 is 0 Å². The van der Waals surface area contributed by atoms with Crippen LogP contribution in [0.3, 0.4) is 0 Å². The standard InChI is InChI=1S/C19H22N6O/c1-12-13(2)24(3)17(21-12)11-25-9-6-16-15(10-25)19(26)23-18(22-16)14-4-7-20-8-5-14/h4-5,7-8H,6,9-11H2,1-3H3,(H,22,23,26). The SMILES string of the molecule is Cc1nc(CN2CCc3nc(-c4ccncc4)[nH]c(=O)c3C2)n(C)c1C. The normalized spacial score (nSPS) is 14.4. The first kappa shape index (κ1) is 16.7. The smallest absolute Gasteiger partial charge is 0.255 e. The molecule has 0 bridgehead atoms. The summed E-state index contributed by atoms with van der Waals surface area (Å²) in [7, 11) is 2.04. The number of pyridine rings is 1. The van der Waals surface area contributed by atoms with Crippen LogP contribution in [0.15, 0.2) is 29.3 Å². The summed E-state index contributed by atoms with van der Waals surface area (Å²) in [5.41, 5.74) is 4.71. The molecular weight excluding hydrogens is 328 g/mol. The minimum atomic E-state index is -0.0567. The molecule has 3 aromatic rings. The van der Waals surface area contributed by atoms with Gasteiger partial charge in [0, 0.05) is 50.2 Å². The minimum absolute atomic E-state index is 0.0567. The largest absolute Gasteiger partial charge is 0.334 e. The van der Waals surface area contributed by atoms with E-state index in [1.54, 1.807) is 12.4 Å². The molecule has 0 atom stereocenters. The monoisotopic (exact) mass is 350 g/mol. The Labute approximate surface area is 151 Å². The Bertz CT molecular complexity index is 1000. The zero-order valence-corrected chi connectivity index (χ0v) is 15.3. The average Bonchev–Trinajstić information content (AvgIpc) is 2.89. The van der Waals surface area contributed by atoms with E-state index in [0.29, 0.717) is 12.4 Å². The summed E-state index contributed by atoms with van der Waals surface area (Å²) in [6.07, 6.45) is 4.17. The molecule has 7 nitrogen and oxygen atoms in total. The molecule has 0 aliphatic carbocycles. The second kappa shape index (κ2) is 6.49. The van der Waals surface area contributed by atoms with E-state index in [0.717, 1.165) is 47.8 Å². The molecule has 1 aliphatic heterocycles. The third kappa shape index (κ3) is 2.94. The van der Waals surface area contributed by atoms with Crippen molar-refractivity contribution < 1.29 is 0 Å². The fourth-order valence-electron chi connectivity index (χ4n) is 3.39. The van der Waals surface area contributed by atoms with Crippen LogP contribution in [-0.4, -0.2) is 35.9 Å². The van der Waals surface area contributed by atoms with E-state index in [2.05, 4.69) is 31.3 Å². The molecule has 7 heteroatoms. The minimum Gasteiger partial charge on any atom is -0.334 e.